The number of anilines is 1. The molecule has 6 N–H and O–H groups in total. The van der Waals surface area contributed by atoms with Crippen LogP contribution in [0.2, 0.25) is 0 Å². The van der Waals surface area contributed by atoms with Gasteiger partial charge in [-0.15, -0.1) is 0 Å². The Morgan fingerprint density at radius 2 is 1.61 bits per heavy atom. The number of methoxy groups -OCH3 is 1. The molecule has 0 saturated carbocycles. The molecular formula is C28H26N4O5S. The maximum Gasteiger partial charge on any atom is 0.255 e. The van der Waals surface area contributed by atoms with Crippen LogP contribution in [-0.4, -0.2) is 27.3 Å². The van der Waals surface area contributed by atoms with Crippen molar-refractivity contribution in [3.05, 3.63) is 102 Å². The molecule has 0 heterocycles. The summed E-state index contributed by atoms with van der Waals surface area (Å²) in [7, 11) is -2.38. The Kier molecular flexibility index (Phi) is 7.47. The van der Waals surface area contributed by atoms with Crippen LogP contribution in [0.4, 0.5) is 5.69 Å². The third-order valence-electron chi connectivity index (χ3n) is 5.77. The van der Waals surface area contributed by atoms with Gasteiger partial charge in [-0.1, -0.05) is 42.5 Å². The number of benzene rings is 4. The molecule has 4 aromatic carbocycles. The van der Waals surface area contributed by atoms with E-state index in [4.69, 9.17) is 25.8 Å². The molecule has 194 valence electrons. The van der Waals surface area contributed by atoms with Gasteiger partial charge in [0, 0.05) is 22.8 Å². The first-order valence-electron chi connectivity index (χ1n) is 11.4. The molecule has 0 radical (unpaired) electrons. The number of carbonyl (C=O) groups is 1. The lowest BCUT2D eigenvalue weighted by Crippen LogP contribution is -2.14. The van der Waals surface area contributed by atoms with Gasteiger partial charge in [0.25, 0.3) is 5.91 Å². The van der Waals surface area contributed by atoms with Gasteiger partial charge in [0.2, 0.25) is 10.0 Å². The van der Waals surface area contributed by atoms with Crippen LogP contribution in [0, 0.1) is 12.3 Å². The van der Waals surface area contributed by atoms with E-state index >= 15 is 0 Å². The van der Waals surface area contributed by atoms with Crippen molar-refractivity contribution in [3.8, 4) is 28.4 Å². The summed E-state index contributed by atoms with van der Waals surface area (Å²) in [4.78, 5) is 13.1. The number of hydrogen-bond acceptors (Lipinski definition) is 6. The van der Waals surface area contributed by atoms with Crippen LogP contribution in [0.3, 0.4) is 0 Å². The number of rotatable bonds is 8. The Balaban J connectivity index is 1.63. The Bertz CT molecular complexity index is 1630. The van der Waals surface area contributed by atoms with E-state index in [1.165, 1.54) is 13.2 Å². The number of hydrogen-bond donors (Lipinski definition) is 4. The fraction of sp³-hybridized carbons (Fsp3) is 0.0714. The zero-order valence-electron chi connectivity index (χ0n) is 20.7. The first kappa shape index (κ1) is 26.4. The number of sulfonamides is 1. The van der Waals surface area contributed by atoms with Gasteiger partial charge in [0.15, 0.2) is 5.75 Å². The minimum absolute atomic E-state index is 0.00143. The number of ether oxygens (including phenoxy) is 2. The number of carbonyl (C=O) groups excluding carboxylic acids is 1. The molecule has 10 heteroatoms. The highest BCUT2D eigenvalue weighted by atomic mass is 32.2. The van der Waals surface area contributed by atoms with Crippen molar-refractivity contribution in [1.29, 1.82) is 5.41 Å². The number of nitrogens with two attached hydrogens (primary N) is 2. The van der Waals surface area contributed by atoms with Gasteiger partial charge in [-0.05, 0) is 54.4 Å². The van der Waals surface area contributed by atoms with Crippen LogP contribution in [0.15, 0.2) is 89.8 Å². The number of amides is 1. The van der Waals surface area contributed by atoms with Crippen LogP contribution < -0.4 is 25.7 Å². The highest BCUT2D eigenvalue weighted by Crippen LogP contribution is 2.36. The molecule has 0 atom stereocenters. The third kappa shape index (κ3) is 5.83. The standard InChI is InChI=1S/C28H26N4O5S/c1-17-14-23(25(16-24(17)36-2)37-21-7-5-6-20(15-21)27(29)30)32-28(33)19-12-10-18(11-13-19)22-8-3-4-9-26(22)38(31,34)35/h3-16H,1-2H3,(H3,29,30)(H,32,33)(H2,31,34,35). The van der Waals surface area contributed by atoms with E-state index in [0.29, 0.717) is 45.2 Å². The minimum Gasteiger partial charge on any atom is -0.496 e. The number of nitrogen functional groups attached to an aromatic ring is 1. The lowest BCUT2D eigenvalue weighted by molar-refractivity contribution is 0.102. The lowest BCUT2D eigenvalue weighted by Gasteiger charge is -2.16. The average molecular weight is 531 g/mol. The van der Waals surface area contributed by atoms with E-state index in [1.54, 1.807) is 78.9 Å². The second kappa shape index (κ2) is 10.8. The Labute approximate surface area is 220 Å². The molecule has 38 heavy (non-hydrogen) atoms. The van der Waals surface area contributed by atoms with Gasteiger partial charge in [-0.25, -0.2) is 13.6 Å². The number of amidine groups is 1. The molecule has 0 aliphatic heterocycles. The third-order valence-corrected chi connectivity index (χ3v) is 6.74. The zero-order chi connectivity index (χ0) is 27.4. The number of nitrogens with one attached hydrogen (secondary N) is 2. The van der Waals surface area contributed by atoms with Crippen molar-refractivity contribution >= 4 is 27.5 Å². The normalized spacial score (nSPS) is 11.0. The predicted octanol–water partition coefficient (Wildman–Crippen LogP) is 4.65. The van der Waals surface area contributed by atoms with Gasteiger partial charge in [-0.3, -0.25) is 10.2 Å². The molecule has 0 aliphatic carbocycles. The molecule has 0 spiro atoms. The van der Waals surface area contributed by atoms with E-state index in [-0.39, 0.29) is 10.7 Å². The summed E-state index contributed by atoms with van der Waals surface area (Å²) in [5, 5.41) is 15.9. The second-order valence-electron chi connectivity index (χ2n) is 8.43. The molecule has 4 aromatic rings. The largest absolute Gasteiger partial charge is 0.496 e. The summed E-state index contributed by atoms with van der Waals surface area (Å²) in [6, 6.07) is 23.0. The summed E-state index contributed by atoms with van der Waals surface area (Å²) >= 11 is 0. The maximum absolute atomic E-state index is 13.1. The quantitative estimate of drug-likeness (QED) is 0.192. The topological polar surface area (TPSA) is 158 Å². The van der Waals surface area contributed by atoms with E-state index < -0.39 is 15.9 Å². The Morgan fingerprint density at radius 3 is 2.26 bits per heavy atom. The molecule has 4 rings (SSSR count). The van der Waals surface area contributed by atoms with Crippen molar-refractivity contribution < 1.29 is 22.7 Å². The summed E-state index contributed by atoms with van der Waals surface area (Å²) in [6.07, 6.45) is 0. The Morgan fingerprint density at radius 1 is 0.895 bits per heavy atom. The fourth-order valence-electron chi connectivity index (χ4n) is 3.87. The van der Waals surface area contributed by atoms with Crippen LogP contribution in [0.5, 0.6) is 17.2 Å². The molecule has 0 saturated heterocycles. The van der Waals surface area contributed by atoms with Crippen molar-refractivity contribution in [1.82, 2.24) is 0 Å². The smallest absolute Gasteiger partial charge is 0.255 e. The van der Waals surface area contributed by atoms with Crippen LogP contribution >= 0.6 is 0 Å². The minimum atomic E-state index is -3.92. The molecule has 0 aromatic heterocycles. The molecular weight excluding hydrogens is 504 g/mol. The van der Waals surface area contributed by atoms with E-state index in [9.17, 15) is 13.2 Å². The molecule has 9 nitrogen and oxygen atoms in total. The monoisotopic (exact) mass is 530 g/mol. The summed E-state index contributed by atoms with van der Waals surface area (Å²) in [5.74, 6) is 0.833. The first-order valence-corrected chi connectivity index (χ1v) is 13.0. The predicted molar refractivity (Wildman–Crippen MR) is 146 cm³/mol. The number of aryl methyl sites for hydroxylation is 1. The van der Waals surface area contributed by atoms with E-state index in [1.807, 2.05) is 6.92 Å². The van der Waals surface area contributed by atoms with Crippen molar-refractivity contribution in [2.45, 2.75) is 11.8 Å². The molecule has 0 fully saturated rings. The SMILES string of the molecule is COc1cc(Oc2cccc(C(=N)N)c2)c(NC(=O)c2ccc(-c3ccccc3S(N)(=O)=O)cc2)cc1C. The fourth-order valence-corrected chi connectivity index (χ4v) is 4.64. The van der Waals surface area contributed by atoms with Gasteiger partial charge in [-0.2, -0.15) is 0 Å². The Hall–Kier alpha value is -4.67. The van der Waals surface area contributed by atoms with Gasteiger partial charge in [0.05, 0.1) is 17.7 Å². The van der Waals surface area contributed by atoms with E-state index in [0.717, 1.165) is 5.56 Å². The van der Waals surface area contributed by atoms with Crippen LogP contribution in [-0.2, 0) is 10.0 Å². The average Bonchev–Trinajstić information content (AvgIpc) is 2.90. The van der Waals surface area contributed by atoms with Crippen molar-refractivity contribution in [2.24, 2.45) is 10.9 Å². The van der Waals surface area contributed by atoms with Crippen molar-refractivity contribution in [3.63, 3.8) is 0 Å². The summed E-state index contributed by atoms with van der Waals surface area (Å²) < 4.78 is 35.4. The van der Waals surface area contributed by atoms with Gasteiger partial charge < -0.3 is 20.5 Å². The first-order chi connectivity index (χ1) is 18.1. The summed E-state index contributed by atoms with van der Waals surface area (Å²) in [6.45, 7) is 1.84. The molecule has 0 bridgehead atoms. The maximum atomic E-state index is 13.1. The van der Waals surface area contributed by atoms with Crippen LogP contribution in [0.1, 0.15) is 21.5 Å². The molecule has 0 aliphatic rings. The van der Waals surface area contributed by atoms with Crippen molar-refractivity contribution in [2.75, 3.05) is 12.4 Å². The number of primary sulfonamides is 1. The lowest BCUT2D eigenvalue weighted by atomic mass is 10.0. The van der Waals surface area contributed by atoms with Gasteiger partial charge >= 0.3 is 0 Å². The molecule has 0 unspecified atom stereocenters. The highest BCUT2D eigenvalue weighted by molar-refractivity contribution is 7.89. The van der Waals surface area contributed by atoms with Gasteiger partial charge in [0.1, 0.15) is 17.3 Å². The van der Waals surface area contributed by atoms with E-state index in [2.05, 4.69) is 5.32 Å². The molecule has 1 amide bonds. The van der Waals surface area contributed by atoms with Crippen LogP contribution in [0.25, 0.3) is 11.1 Å². The highest BCUT2D eigenvalue weighted by Gasteiger charge is 2.17. The summed E-state index contributed by atoms with van der Waals surface area (Å²) in [5.41, 5.74) is 8.66. The second-order valence-corrected chi connectivity index (χ2v) is 9.96. The zero-order valence-corrected chi connectivity index (χ0v) is 21.5.